The molecule has 2 fully saturated rings. The molecule has 4 rings (SSSR count). The van der Waals surface area contributed by atoms with Gasteiger partial charge in [0, 0.05) is 49.4 Å². The minimum absolute atomic E-state index is 0.0656. The number of hydrogen-bond donors (Lipinski definition) is 0. The number of halogens is 7. The minimum Gasteiger partial charge on any atom is -0.466 e. The van der Waals surface area contributed by atoms with Crippen molar-refractivity contribution >= 4 is 33.8 Å². The molecule has 0 radical (unpaired) electrons. The number of aromatic nitrogens is 2. The average molecular weight is 736 g/mol. The van der Waals surface area contributed by atoms with Crippen molar-refractivity contribution in [2.45, 2.75) is 116 Å². The van der Waals surface area contributed by atoms with Crippen LogP contribution in [0.25, 0.3) is 0 Å². The molecule has 0 bridgehead atoms. The van der Waals surface area contributed by atoms with Gasteiger partial charge >= 0.3 is 18.3 Å². The van der Waals surface area contributed by atoms with Crippen molar-refractivity contribution in [3.63, 3.8) is 0 Å². The fourth-order valence-corrected chi connectivity index (χ4v) is 7.20. The zero-order valence-electron chi connectivity index (χ0n) is 26.7. The highest BCUT2D eigenvalue weighted by Crippen LogP contribution is 2.40. The number of esters is 1. The highest BCUT2D eigenvalue weighted by atomic mass is 79.9. The number of likely N-dealkylation sites (tertiary alicyclic amines) is 1. The van der Waals surface area contributed by atoms with Crippen molar-refractivity contribution < 1.29 is 40.7 Å². The predicted molar refractivity (Wildman–Crippen MR) is 167 cm³/mol. The summed E-state index contributed by atoms with van der Waals surface area (Å²) in [4.78, 5) is 38.4. The Balaban J connectivity index is 1.60. The number of nitrogens with zero attached hydrogens (tertiary/aromatic N) is 4. The van der Waals surface area contributed by atoms with Gasteiger partial charge in [-0.1, -0.05) is 13.8 Å². The Morgan fingerprint density at radius 3 is 1.89 bits per heavy atom. The Bertz CT molecular complexity index is 1320. The molecule has 1 aromatic carbocycles. The highest BCUT2D eigenvalue weighted by molar-refractivity contribution is 9.10. The maximum Gasteiger partial charge on any atom is 0.416 e. The fourth-order valence-electron chi connectivity index (χ4n) is 6.99. The standard InChI is InChI=1S/C33H41BrF6N4O3/c1-4-26-15-28(16-27(5-2)44(26)30(46)22-9-7-20(8-10-22)13-29(45)47-6-3)43(31-41-17-25(34)18-42-31)19-21-11-23(32(35,36)37)14-24(12-21)33(38,39)40/h11-12,14,17-18,20,22,26-28H,4-10,13,15-16,19H2,1-3H3/t20-,22-,26-,27+,28?. The van der Waals surface area contributed by atoms with Crippen LogP contribution in [0.2, 0.25) is 0 Å². The minimum atomic E-state index is -4.97. The second kappa shape index (κ2) is 15.5. The van der Waals surface area contributed by atoms with Gasteiger partial charge in [-0.05, 0) is 104 Å². The predicted octanol–water partition coefficient (Wildman–Crippen LogP) is 8.59. The van der Waals surface area contributed by atoms with Gasteiger partial charge in [-0.3, -0.25) is 9.59 Å². The normalized spacial score (nSPS) is 23.8. The van der Waals surface area contributed by atoms with Crippen LogP contribution in [0.3, 0.4) is 0 Å². The van der Waals surface area contributed by atoms with Crippen molar-refractivity contribution in [1.82, 2.24) is 14.9 Å². The van der Waals surface area contributed by atoms with Gasteiger partial charge in [0.1, 0.15) is 0 Å². The Kier molecular flexibility index (Phi) is 12.2. The molecular formula is C33H41BrF6N4O3. The Morgan fingerprint density at radius 2 is 1.43 bits per heavy atom. The summed E-state index contributed by atoms with van der Waals surface area (Å²) in [6, 6.07) is 0.847. The summed E-state index contributed by atoms with van der Waals surface area (Å²) >= 11 is 3.28. The molecular weight excluding hydrogens is 694 g/mol. The van der Waals surface area contributed by atoms with Crippen LogP contribution >= 0.6 is 15.9 Å². The summed E-state index contributed by atoms with van der Waals surface area (Å²) in [5.41, 5.74) is -2.93. The molecule has 1 unspecified atom stereocenters. The molecule has 2 aromatic rings. The van der Waals surface area contributed by atoms with Crippen LogP contribution in [0.4, 0.5) is 32.3 Å². The van der Waals surface area contributed by atoms with Crippen molar-refractivity contribution in [2.75, 3.05) is 11.5 Å². The Morgan fingerprint density at radius 1 is 0.894 bits per heavy atom. The molecule has 47 heavy (non-hydrogen) atoms. The van der Waals surface area contributed by atoms with E-state index in [0.29, 0.717) is 56.0 Å². The SMILES string of the molecule is CCOC(=O)C[C@H]1CC[C@H](C(=O)N2[C@H](CC)CC(N(Cc3cc(C(F)(F)F)cc(C(F)(F)F)c3)c3ncc(Br)cn3)C[C@@H]2CC)CC1. The molecule has 3 atom stereocenters. The summed E-state index contributed by atoms with van der Waals surface area (Å²) in [6.45, 7) is 5.76. The third kappa shape index (κ3) is 9.38. The second-order valence-corrected chi connectivity index (χ2v) is 13.4. The van der Waals surface area contributed by atoms with Gasteiger partial charge in [-0.2, -0.15) is 26.3 Å². The first-order chi connectivity index (χ1) is 22.1. The zero-order valence-corrected chi connectivity index (χ0v) is 28.3. The topological polar surface area (TPSA) is 75.6 Å². The van der Waals surface area contributed by atoms with E-state index in [1.165, 1.54) is 12.4 Å². The Labute approximate surface area is 279 Å². The van der Waals surface area contributed by atoms with Crippen LogP contribution in [0, 0.1) is 11.8 Å². The molecule has 14 heteroatoms. The molecule has 1 aromatic heterocycles. The number of amides is 1. The summed E-state index contributed by atoms with van der Waals surface area (Å²) in [5.74, 6) is 0.0239. The summed E-state index contributed by atoms with van der Waals surface area (Å²) in [5, 5.41) is 0. The lowest BCUT2D eigenvalue weighted by atomic mass is 9.78. The first kappa shape index (κ1) is 36.9. The monoisotopic (exact) mass is 734 g/mol. The molecule has 0 spiro atoms. The van der Waals surface area contributed by atoms with E-state index in [4.69, 9.17) is 4.74 Å². The lowest BCUT2D eigenvalue weighted by Crippen LogP contribution is -2.58. The summed E-state index contributed by atoms with van der Waals surface area (Å²) in [7, 11) is 0. The first-order valence-electron chi connectivity index (χ1n) is 16.1. The van der Waals surface area contributed by atoms with E-state index in [0.717, 1.165) is 25.0 Å². The van der Waals surface area contributed by atoms with Gasteiger partial charge in [0.15, 0.2) is 0 Å². The maximum absolute atomic E-state index is 14.0. The molecule has 1 aliphatic heterocycles. The van der Waals surface area contributed by atoms with Crippen molar-refractivity contribution in [3.8, 4) is 0 Å². The largest absolute Gasteiger partial charge is 0.466 e. The maximum atomic E-state index is 14.0. The molecule has 2 heterocycles. The average Bonchev–Trinajstić information content (AvgIpc) is 3.02. The lowest BCUT2D eigenvalue weighted by molar-refractivity contribution is -0.146. The van der Waals surface area contributed by atoms with Crippen molar-refractivity contribution in [1.29, 1.82) is 0 Å². The first-order valence-corrected chi connectivity index (χ1v) is 16.9. The number of hydrogen-bond acceptors (Lipinski definition) is 6. The van der Waals surface area contributed by atoms with Crippen LogP contribution in [0.1, 0.15) is 95.2 Å². The highest BCUT2D eigenvalue weighted by Gasteiger charge is 2.43. The second-order valence-electron chi connectivity index (χ2n) is 12.5. The fraction of sp³-hybridized carbons (Fsp3) is 0.636. The molecule has 0 N–H and O–H groups in total. The van der Waals surface area contributed by atoms with Gasteiger partial charge in [0.2, 0.25) is 11.9 Å². The van der Waals surface area contributed by atoms with Gasteiger partial charge in [-0.25, -0.2) is 9.97 Å². The molecule has 1 amide bonds. The quantitative estimate of drug-likeness (QED) is 0.180. The third-order valence-corrected chi connectivity index (χ3v) is 9.74. The van der Waals surface area contributed by atoms with E-state index < -0.39 is 23.5 Å². The van der Waals surface area contributed by atoms with E-state index in [1.807, 2.05) is 18.7 Å². The van der Waals surface area contributed by atoms with E-state index in [1.54, 1.807) is 11.8 Å². The van der Waals surface area contributed by atoms with Gasteiger partial charge in [-0.15, -0.1) is 0 Å². The van der Waals surface area contributed by atoms with Crippen molar-refractivity contribution in [3.05, 3.63) is 51.8 Å². The molecule has 7 nitrogen and oxygen atoms in total. The van der Waals surface area contributed by atoms with E-state index >= 15 is 0 Å². The summed E-state index contributed by atoms with van der Waals surface area (Å²) in [6.07, 6.45) is -1.65. The lowest BCUT2D eigenvalue weighted by Gasteiger charge is -2.49. The van der Waals surface area contributed by atoms with Crippen LogP contribution < -0.4 is 4.90 Å². The number of benzene rings is 1. The molecule has 1 saturated carbocycles. The molecule has 2 aliphatic rings. The van der Waals surface area contributed by atoms with E-state index in [-0.39, 0.29) is 66.0 Å². The number of rotatable bonds is 10. The van der Waals surface area contributed by atoms with E-state index in [9.17, 15) is 35.9 Å². The van der Waals surface area contributed by atoms with Crippen molar-refractivity contribution in [2.24, 2.45) is 11.8 Å². The van der Waals surface area contributed by atoms with Gasteiger partial charge < -0.3 is 14.5 Å². The number of ether oxygens (including phenoxy) is 1. The Hall–Kier alpha value is -2.90. The third-order valence-electron chi connectivity index (χ3n) is 9.33. The smallest absolute Gasteiger partial charge is 0.416 e. The zero-order chi connectivity index (χ0) is 34.5. The van der Waals surface area contributed by atoms with Gasteiger partial charge in [0.05, 0.1) is 22.2 Å². The van der Waals surface area contributed by atoms with Crippen LogP contribution in [-0.2, 0) is 33.2 Å². The number of alkyl halides is 6. The van der Waals surface area contributed by atoms with E-state index in [2.05, 4.69) is 25.9 Å². The molecule has 260 valence electrons. The number of carbonyl (C=O) groups is 2. The van der Waals surface area contributed by atoms with Gasteiger partial charge in [0.25, 0.3) is 0 Å². The number of carbonyl (C=O) groups excluding carboxylic acids is 2. The summed E-state index contributed by atoms with van der Waals surface area (Å²) < 4.78 is 87.9. The number of anilines is 1. The molecule has 1 saturated heterocycles. The number of piperidine rings is 1. The van der Waals surface area contributed by atoms with Crippen LogP contribution in [-0.4, -0.2) is 51.5 Å². The molecule has 1 aliphatic carbocycles. The van der Waals surface area contributed by atoms with Crippen LogP contribution in [0.5, 0.6) is 0 Å². The van der Waals surface area contributed by atoms with Crippen LogP contribution in [0.15, 0.2) is 35.1 Å².